The third kappa shape index (κ3) is 4.84. The standard InChI is InChI=1S/C9H8F3N3O4S/c10-9(11,12)7(19)15-8-14-4(3-20-8)6(18)13-2-1-5(16)17/h3H,1-2H2,(H,13,18)(H,16,17)(H,14,15,19). The summed E-state index contributed by atoms with van der Waals surface area (Å²) in [4.78, 5) is 35.8. The lowest BCUT2D eigenvalue weighted by Crippen LogP contribution is -2.30. The average Bonchev–Trinajstić information content (AvgIpc) is 2.75. The van der Waals surface area contributed by atoms with Gasteiger partial charge >= 0.3 is 18.1 Å². The van der Waals surface area contributed by atoms with Gasteiger partial charge in [-0.2, -0.15) is 13.2 Å². The monoisotopic (exact) mass is 311 g/mol. The summed E-state index contributed by atoms with van der Waals surface area (Å²) in [7, 11) is 0. The predicted octanol–water partition coefficient (Wildman–Crippen LogP) is 0.848. The van der Waals surface area contributed by atoms with Crippen molar-refractivity contribution < 1.29 is 32.7 Å². The Hall–Kier alpha value is -2.17. The Labute approximate surface area is 113 Å². The molecule has 7 nitrogen and oxygen atoms in total. The van der Waals surface area contributed by atoms with Gasteiger partial charge in [0.1, 0.15) is 5.69 Å². The van der Waals surface area contributed by atoms with Crippen LogP contribution in [0.3, 0.4) is 0 Å². The fourth-order valence-electron chi connectivity index (χ4n) is 0.977. The Morgan fingerprint density at radius 3 is 2.55 bits per heavy atom. The van der Waals surface area contributed by atoms with Crippen molar-refractivity contribution in [3.8, 4) is 0 Å². The molecule has 11 heteroatoms. The first-order valence-electron chi connectivity index (χ1n) is 5.04. The number of amides is 2. The maximum atomic E-state index is 12.0. The zero-order valence-electron chi connectivity index (χ0n) is 9.65. The van der Waals surface area contributed by atoms with Crippen LogP contribution in [0.1, 0.15) is 16.9 Å². The first kappa shape index (κ1) is 15.9. The number of rotatable bonds is 5. The van der Waals surface area contributed by atoms with E-state index in [0.29, 0.717) is 11.3 Å². The van der Waals surface area contributed by atoms with E-state index in [0.717, 1.165) is 5.38 Å². The van der Waals surface area contributed by atoms with Gasteiger partial charge in [-0.3, -0.25) is 19.7 Å². The molecule has 20 heavy (non-hydrogen) atoms. The third-order valence-corrected chi connectivity index (χ3v) is 2.60. The SMILES string of the molecule is O=C(O)CCNC(=O)c1csc(NC(=O)C(F)(F)F)n1. The fraction of sp³-hybridized carbons (Fsp3) is 0.333. The van der Waals surface area contributed by atoms with Gasteiger partial charge in [-0.05, 0) is 0 Å². The minimum Gasteiger partial charge on any atom is -0.481 e. The molecule has 1 heterocycles. The van der Waals surface area contributed by atoms with Crippen LogP contribution in [-0.2, 0) is 9.59 Å². The van der Waals surface area contributed by atoms with E-state index in [1.807, 2.05) is 0 Å². The summed E-state index contributed by atoms with van der Waals surface area (Å²) in [6.07, 6.45) is -5.34. The second kappa shape index (κ2) is 6.32. The Morgan fingerprint density at radius 1 is 1.35 bits per heavy atom. The van der Waals surface area contributed by atoms with Crippen molar-refractivity contribution in [2.45, 2.75) is 12.6 Å². The van der Waals surface area contributed by atoms with Gasteiger partial charge < -0.3 is 10.4 Å². The van der Waals surface area contributed by atoms with Crippen LogP contribution < -0.4 is 10.6 Å². The van der Waals surface area contributed by atoms with Crippen LogP contribution in [0, 0.1) is 0 Å². The van der Waals surface area contributed by atoms with Gasteiger partial charge in [-0.15, -0.1) is 11.3 Å². The molecule has 2 amide bonds. The molecular weight excluding hydrogens is 303 g/mol. The van der Waals surface area contributed by atoms with Gasteiger partial charge in [-0.25, -0.2) is 4.98 Å². The van der Waals surface area contributed by atoms with Crippen LogP contribution in [0.25, 0.3) is 0 Å². The second-order valence-electron chi connectivity index (χ2n) is 3.39. The second-order valence-corrected chi connectivity index (χ2v) is 4.25. The number of carbonyl (C=O) groups is 3. The molecular formula is C9H8F3N3O4S. The molecule has 110 valence electrons. The molecule has 0 bridgehead atoms. The maximum Gasteiger partial charge on any atom is 0.471 e. The molecule has 0 aliphatic rings. The number of alkyl halides is 3. The van der Waals surface area contributed by atoms with E-state index < -0.39 is 24.0 Å². The summed E-state index contributed by atoms with van der Waals surface area (Å²) < 4.78 is 35.9. The highest BCUT2D eigenvalue weighted by Gasteiger charge is 2.39. The minimum atomic E-state index is -5.05. The molecule has 0 saturated carbocycles. The zero-order chi connectivity index (χ0) is 15.3. The van der Waals surface area contributed by atoms with Crippen molar-refractivity contribution >= 4 is 34.3 Å². The largest absolute Gasteiger partial charge is 0.481 e. The molecule has 1 rings (SSSR count). The fourth-order valence-corrected chi connectivity index (χ4v) is 1.66. The van der Waals surface area contributed by atoms with Crippen molar-refractivity contribution in [1.82, 2.24) is 10.3 Å². The average molecular weight is 311 g/mol. The van der Waals surface area contributed by atoms with Crippen molar-refractivity contribution in [3.63, 3.8) is 0 Å². The first-order valence-corrected chi connectivity index (χ1v) is 5.92. The van der Waals surface area contributed by atoms with E-state index in [9.17, 15) is 27.6 Å². The van der Waals surface area contributed by atoms with E-state index in [1.54, 1.807) is 0 Å². The molecule has 1 aromatic rings. The molecule has 0 spiro atoms. The molecule has 0 aromatic carbocycles. The van der Waals surface area contributed by atoms with E-state index in [1.165, 1.54) is 5.32 Å². The number of thiazole rings is 1. The number of carboxylic acids is 1. The number of hydrogen-bond donors (Lipinski definition) is 3. The number of nitrogens with zero attached hydrogens (tertiary/aromatic N) is 1. The Kier molecular flexibility index (Phi) is 5.02. The smallest absolute Gasteiger partial charge is 0.471 e. The summed E-state index contributed by atoms with van der Waals surface area (Å²) in [5.41, 5.74) is -0.210. The van der Waals surface area contributed by atoms with Crippen LogP contribution in [-0.4, -0.2) is 40.6 Å². The summed E-state index contributed by atoms with van der Waals surface area (Å²) in [5.74, 6) is -4.04. The molecule has 0 saturated heterocycles. The first-order chi connectivity index (χ1) is 9.20. The van der Waals surface area contributed by atoms with Crippen LogP contribution in [0.5, 0.6) is 0 Å². The lowest BCUT2D eigenvalue weighted by molar-refractivity contribution is -0.167. The normalized spacial score (nSPS) is 10.9. The third-order valence-electron chi connectivity index (χ3n) is 1.84. The quantitative estimate of drug-likeness (QED) is 0.747. The molecule has 0 aliphatic carbocycles. The molecule has 0 radical (unpaired) electrons. The minimum absolute atomic E-state index is 0.143. The number of aliphatic carboxylic acids is 1. The van der Waals surface area contributed by atoms with Crippen molar-refractivity contribution in [1.29, 1.82) is 0 Å². The number of carboxylic acid groups (broad SMARTS) is 1. The molecule has 0 unspecified atom stereocenters. The van der Waals surface area contributed by atoms with E-state index in [4.69, 9.17) is 5.11 Å². The zero-order valence-corrected chi connectivity index (χ0v) is 10.5. The van der Waals surface area contributed by atoms with E-state index >= 15 is 0 Å². The van der Waals surface area contributed by atoms with E-state index in [-0.39, 0.29) is 23.8 Å². The summed E-state index contributed by atoms with van der Waals surface area (Å²) in [6, 6.07) is 0. The van der Waals surface area contributed by atoms with Gasteiger partial charge in [0.25, 0.3) is 5.91 Å². The number of anilines is 1. The van der Waals surface area contributed by atoms with Crippen LogP contribution >= 0.6 is 11.3 Å². The summed E-state index contributed by atoms with van der Waals surface area (Å²) in [5, 5.41) is 12.8. The number of halogens is 3. The number of aromatic nitrogens is 1. The Morgan fingerprint density at radius 2 is 2.00 bits per heavy atom. The highest BCUT2D eigenvalue weighted by atomic mass is 32.1. The van der Waals surface area contributed by atoms with Gasteiger partial charge in [0.2, 0.25) is 0 Å². The van der Waals surface area contributed by atoms with Crippen LogP contribution in [0.15, 0.2) is 5.38 Å². The predicted molar refractivity (Wildman–Crippen MR) is 61.4 cm³/mol. The van der Waals surface area contributed by atoms with Gasteiger partial charge in [0.05, 0.1) is 6.42 Å². The summed E-state index contributed by atoms with van der Waals surface area (Å²) >= 11 is 0.642. The molecule has 1 aromatic heterocycles. The Balaban J connectivity index is 2.57. The molecule has 0 atom stereocenters. The molecule has 0 aliphatic heterocycles. The topological polar surface area (TPSA) is 108 Å². The highest BCUT2D eigenvalue weighted by molar-refractivity contribution is 7.14. The van der Waals surface area contributed by atoms with Crippen LogP contribution in [0.2, 0.25) is 0 Å². The van der Waals surface area contributed by atoms with Crippen molar-refractivity contribution in [2.75, 3.05) is 11.9 Å². The maximum absolute atomic E-state index is 12.0. The number of hydrogen-bond acceptors (Lipinski definition) is 5. The number of nitrogens with one attached hydrogen (secondary N) is 2. The van der Waals surface area contributed by atoms with Gasteiger partial charge in [0, 0.05) is 11.9 Å². The highest BCUT2D eigenvalue weighted by Crippen LogP contribution is 2.20. The van der Waals surface area contributed by atoms with Crippen molar-refractivity contribution in [3.05, 3.63) is 11.1 Å². The van der Waals surface area contributed by atoms with Gasteiger partial charge in [-0.1, -0.05) is 0 Å². The molecule has 0 fully saturated rings. The lowest BCUT2D eigenvalue weighted by atomic mass is 10.4. The number of carbonyl (C=O) groups excluding carboxylic acids is 2. The van der Waals surface area contributed by atoms with Crippen molar-refractivity contribution in [2.24, 2.45) is 0 Å². The van der Waals surface area contributed by atoms with Gasteiger partial charge in [0.15, 0.2) is 5.13 Å². The lowest BCUT2D eigenvalue weighted by Gasteiger charge is -2.04. The molecule has 3 N–H and O–H groups in total. The van der Waals surface area contributed by atoms with E-state index in [2.05, 4.69) is 10.3 Å². The van der Waals surface area contributed by atoms with Crippen LogP contribution in [0.4, 0.5) is 18.3 Å². The summed E-state index contributed by atoms with van der Waals surface area (Å²) in [6.45, 7) is -0.143. The Bertz CT molecular complexity index is 529.